The number of primary amides is 1. The van der Waals surface area contributed by atoms with E-state index in [-0.39, 0.29) is 17.7 Å². The molecule has 1 amide bonds. The molecule has 12 heteroatoms. The van der Waals surface area contributed by atoms with Gasteiger partial charge in [0.05, 0.1) is 23.2 Å². The van der Waals surface area contributed by atoms with E-state index in [1.54, 1.807) is 12.1 Å². The molecule has 0 bridgehead atoms. The Morgan fingerprint density at radius 1 is 1.04 bits per heavy atom. The number of phenols is 1. The minimum atomic E-state index is -2.77. The number of nitrogens with zero attached hydrogens (tertiary/aromatic N) is 3. The van der Waals surface area contributed by atoms with Gasteiger partial charge in [-0.1, -0.05) is 30.3 Å². The van der Waals surface area contributed by atoms with Crippen LogP contribution in [0, 0.1) is 28.6 Å². The molecule has 45 heavy (non-hydrogen) atoms. The van der Waals surface area contributed by atoms with Crippen molar-refractivity contribution >= 4 is 29.0 Å². The average molecular weight is 613 g/mol. The summed E-state index contributed by atoms with van der Waals surface area (Å²) in [7, 11) is 2.94. The number of carbonyl (C=O) groups is 5. The monoisotopic (exact) mass is 612 g/mol. The first-order chi connectivity index (χ1) is 21.2. The van der Waals surface area contributed by atoms with E-state index in [0.717, 1.165) is 30.8 Å². The van der Waals surface area contributed by atoms with Crippen LogP contribution >= 0.6 is 0 Å². The summed E-state index contributed by atoms with van der Waals surface area (Å²) in [6, 6.07) is 11.2. The number of nitriles is 1. The summed E-state index contributed by atoms with van der Waals surface area (Å²) in [6.45, 7) is 2.93. The Balaban J connectivity index is 1.48. The molecule has 4 aliphatic rings. The smallest absolute Gasteiger partial charge is 0.235 e. The van der Waals surface area contributed by atoms with E-state index in [2.05, 4.69) is 4.90 Å². The third-order valence-electron chi connectivity index (χ3n) is 10.3. The van der Waals surface area contributed by atoms with Gasteiger partial charge >= 0.3 is 0 Å². The number of carbonyl (C=O) groups excluding carboxylic acids is 5. The fourth-order valence-electron chi connectivity index (χ4n) is 8.47. The molecule has 6 atom stereocenters. The number of rotatable bonds is 5. The number of ketones is 4. The van der Waals surface area contributed by atoms with Crippen LogP contribution in [0.25, 0.3) is 11.1 Å². The van der Waals surface area contributed by atoms with Crippen molar-refractivity contribution in [3.05, 3.63) is 53.1 Å². The molecular formula is C33H36N6O6. The summed E-state index contributed by atoms with van der Waals surface area (Å²) in [5.41, 5.74) is 15.4. The highest BCUT2D eigenvalue weighted by Crippen LogP contribution is 2.57. The number of phenolic OH excluding ortho intramolecular Hbond substituents is 1. The predicted molar refractivity (Wildman–Crippen MR) is 161 cm³/mol. The van der Waals surface area contributed by atoms with E-state index in [1.165, 1.54) is 37.9 Å². The molecule has 0 aromatic heterocycles. The van der Waals surface area contributed by atoms with Crippen molar-refractivity contribution in [2.24, 2.45) is 34.5 Å². The Labute approximate surface area is 260 Å². The number of fused-ring (bicyclic) bond motifs is 3. The van der Waals surface area contributed by atoms with Crippen molar-refractivity contribution in [1.29, 1.82) is 5.26 Å². The third-order valence-corrected chi connectivity index (χ3v) is 10.3. The van der Waals surface area contributed by atoms with Crippen LogP contribution in [0.15, 0.2) is 36.4 Å². The molecule has 1 saturated heterocycles. The number of Topliss-reactive ketones (excluding diaryl/α,β-unsaturated/α-hetero) is 4. The number of likely N-dealkylation sites (N-methyl/N-ethyl adjacent to an activating group) is 1. The average Bonchev–Trinajstić information content (AvgIpc) is 3.46. The molecule has 3 fully saturated rings. The Bertz CT molecular complexity index is 1710. The normalized spacial score (nSPS) is 33.0. The highest BCUT2D eigenvalue weighted by atomic mass is 16.3. The maximum atomic E-state index is 14.5. The zero-order valence-corrected chi connectivity index (χ0v) is 25.2. The molecule has 2 saturated carbocycles. The van der Waals surface area contributed by atoms with E-state index >= 15 is 0 Å². The first-order valence-corrected chi connectivity index (χ1v) is 15.0. The molecule has 2 aromatic rings. The van der Waals surface area contributed by atoms with Crippen LogP contribution in [0.1, 0.15) is 40.7 Å². The molecule has 7 N–H and O–H groups in total. The lowest BCUT2D eigenvalue weighted by Gasteiger charge is -2.60. The summed E-state index contributed by atoms with van der Waals surface area (Å²) in [4.78, 5) is 72.3. The van der Waals surface area contributed by atoms with Crippen LogP contribution in [0.3, 0.4) is 0 Å². The van der Waals surface area contributed by atoms with Gasteiger partial charge in [-0.25, -0.2) is 0 Å². The Morgan fingerprint density at radius 2 is 1.69 bits per heavy atom. The van der Waals surface area contributed by atoms with E-state index < -0.39 is 69.8 Å². The molecule has 3 aliphatic carbocycles. The van der Waals surface area contributed by atoms with Gasteiger partial charge in [0, 0.05) is 12.1 Å². The largest absolute Gasteiger partial charge is 0.507 e. The van der Waals surface area contributed by atoms with Crippen molar-refractivity contribution in [2.45, 2.75) is 49.3 Å². The minimum absolute atomic E-state index is 0.119. The van der Waals surface area contributed by atoms with Crippen LogP contribution in [-0.4, -0.2) is 88.3 Å². The molecule has 2 unspecified atom stereocenters. The lowest BCUT2D eigenvalue weighted by atomic mass is 9.42. The molecule has 234 valence electrons. The predicted octanol–water partition coefficient (Wildman–Crippen LogP) is 0.0713. The van der Waals surface area contributed by atoms with E-state index in [0.29, 0.717) is 11.1 Å². The van der Waals surface area contributed by atoms with Crippen molar-refractivity contribution in [1.82, 2.24) is 9.80 Å². The van der Waals surface area contributed by atoms with E-state index in [1.807, 2.05) is 24.3 Å². The molecule has 6 rings (SSSR count). The number of likely N-dealkylation sites (tertiary alicyclic amines) is 1. The zero-order chi connectivity index (χ0) is 32.6. The van der Waals surface area contributed by atoms with Crippen LogP contribution in [0.4, 0.5) is 0 Å². The number of hydrogen-bond donors (Lipinski definition) is 4. The number of nitrogens with two attached hydrogens (primary N) is 3. The highest BCUT2D eigenvalue weighted by Gasteiger charge is 2.78. The first kappa shape index (κ1) is 30.7. The quantitative estimate of drug-likeness (QED) is 0.332. The molecule has 0 radical (unpaired) electrons. The van der Waals surface area contributed by atoms with Gasteiger partial charge in [-0.3, -0.25) is 33.8 Å². The highest BCUT2D eigenvalue weighted by molar-refractivity contribution is 6.33. The number of aromatic hydroxyl groups is 1. The van der Waals surface area contributed by atoms with Crippen LogP contribution in [-0.2, 0) is 32.1 Å². The summed E-state index contributed by atoms with van der Waals surface area (Å²) in [5, 5.41) is 21.5. The van der Waals surface area contributed by atoms with Crippen molar-refractivity contribution in [3.8, 4) is 22.9 Å². The van der Waals surface area contributed by atoms with Crippen molar-refractivity contribution in [3.63, 3.8) is 0 Å². The van der Waals surface area contributed by atoms with Gasteiger partial charge in [0.2, 0.25) is 5.91 Å². The minimum Gasteiger partial charge on any atom is -0.507 e. The second-order valence-corrected chi connectivity index (χ2v) is 13.3. The Hall–Kier alpha value is -4.28. The zero-order valence-electron chi connectivity index (χ0n) is 25.2. The van der Waals surface area contributed by atoms with Crippen LogP contribution in [0.5, 0.6) is 5.75 Å². The standard InChI is InChI=1S/C33H36N6O6/c1-38(2)27-26(42)23(30(35)45)28(43)32(16-34)29(44)24-25(41)22-20(13-31(24,36)15-33(27,32)37)19(9-10-21(22)40)18-7-5-17(6-8-18)14-39-11-3-4-12-39/h5-10,23-24,27,40H,3-4,11-15,36-37H2,1-2H3,(H2,35,45)/t23?,24?,27-,31-,32+,33-/m1/s1. The first-order valence-electron chi connectivity index (χ1n) is 15.0. The summed E-state index contributed by atoms with van der Waals surface area (Å²) < 4.78 is 0. The van der Waals surface area contributed by atoms with Gasteiger partial charge < -0.3 is 22.3 Å². The van der Waals surface area contributed by atoms with Crippen molar-refractivity contribution in [2.75, 3.05) is 27.2 Å². The molecule has 2 aromatic carbocycles. The molecule has 1 aliphatic heterocycles. The van der Waals surface area contributed by atoms with Gasteiger partial charge in [0.15, 0.2) is 34.5 Å². The molecular weight excluding hydrogens is 576 g/mol. The Kier molecular flexibility index (Phi) is 7.09. The van der Waals surface area contributed by atoms with Gasteiger partial charge in [-0.2, -0.15) is 5.26 Å². The van der Waals surface area contributed by atoms with Gasteiger partial charge in [0.25, 0.3) is 0 Å². The fraction of sp³-hybridized carbons (Fsp3) is 0.455. The van der Waals surface area contributed by atoms with Gasteiger partial charge in [0.1, 0.15) is 11.7 Å². The van der Waals surface area contributed by atoms with Crippen molar-refractivity contribution < 1.29 is 29.1 Å². The van der Waals surface area contributed by atoms with E-state index in [9.17, 15) is 34.3 Å². The van der Waals surface area contributed by atoms with Gasteiger partial charge in [-0.15, -0.1) is 0 Å². The lowest BCUT2D eigenvalue weighted by Crippen LogP contribution is -2.85. The topological polar surface area (TPSA) is 214 Å². The fourth-order valence-corrected chi connectivity index (χ4v) is 8.47. The number of amides is 1. The lowest BCUT2D eigenvalue weighted by molar-refractivity contribution is -0.166. The second-order valence-electron chi connectivity index (χ2n) is 13.3. The maximum Gasteiger partial charge on any atom is 0.235 e. The maximum absolute atomic E-state index is 14.5. The summed E-state index contributed by atoms with van der Waals surface area (Å²) in [5.74, 6) is -9.88. The third kappa shape index (κ3) is 4.15. The van der Waals surface area contributed by atoms with Crippen LogP contribution in [0.2, 0.25) is 0 Å². The molecule has 0 spiro atoms. The number of hydrogen-bond acceptors (Lipinski definition) is 11. The second kappa shape index (κ2) is 10.4. The number of benzene rings is 2. The van der Waals surface area contributed by atoms with E-state index in [4.69, 9.17) is 17.2 Å². The summed E-state index contributed by atoms with van der Waals surface area (Å²) >= 11 is 0. The Morgan fingerprint density at radius 3 is 2.27 bits per heavy atom. The van der Waals surface area contributed by atoms with Crippen LogP contribution < -0.4 is 17.2 Å². The van der Waals surface area contributed by atoms with Gasteiger partial charge in [-0.05, 0) is 81.2 Å². The molecule has 1 heterocycles. The summed E-state index contributed by atoms with van der Waals surface area (Å²) in [6.07, 6.45) is 1.79. The molecule has 12 nitrogen and oxygen atoms in total. The SMILES string of the molecule is CN(C)[C@@H]1C(=O)C(C(N)=O)C(=O)[C@@]2(C#N)C(=O)C3C(=O)c4c(O)ccc(-c5ccc(CN6CCCC6)cc5)c4C[C@@]3(N)C[C@@]12N.